The molecule has 0 rings (SSSR count). The van der Waals surface area contributed by atoms with Crippen LogP contribution in [0.25, 0.3) is 0 Å². The lowest BCUT2D eigenvalue weighted by Crippen LogP contribution is -2.07. The van der Waals surface area contributed by atoms with Gasteiger partial charge in [0.1, 0.15) is 0 Å². The molecule has 0 saturated carbocycles. The van der Waals surface area contributed by atoms with Gasteiger partial charge in [-0.05, 0) is 39.2 Å². The molecular weight excluding hydrogens is 184 g/mol. The third kappa shape index (κ3) is 6.10. The van der Waals surface area contributed by atoms with Gasteiger partial charge in [0.05, 0.1) is 0 Å². The van der Waals surface area contributed by atoms with Crippen LogP contribution in [0.3, 0.4) is 0 Å². The number of unbranched alkanes of at least 4 members (excludes halogenated alkanes) is 2. The van der Waals surface area contributed by atoms with E-state index in [4.69, 9.17) is 5.73 Å². The largest absolute Gasteiger partial charge is 0.402 e. The number of aliphatic imine (C=N–C) groups is 1. The average Bonchev–Trinajstić information content (AvgIpc) is 2.14. The average molecular weight is 208 g/mol. The minimum Gasteiger partial charge on any atom is -0.402 e. The quantitative estimate of drug-likeness (QED) is 0.523. The number of nitrogens with zero attached hydrogens (tertiary/aromatic N) is 1. The van der Waals surface area contributed by atoms with E-state index < -0.39 is 0 Å². The van der Waals surface area contributed by atoms with Crippen LogP contribution in [0.5, 0.6) is 0 Å². The molecule has 0 aliphatic rings. The molecule has 0 aliphatic heterocycles. The molecule has 0 unspecified atom stereocenters. The van der Waals surface area contributed by atoms with Gasteiger partial charge in [-0.25, -0.2) is 0 Å². The summed E-state index contributed by atoms with van der Waals surface area (Å²) in [5.41, 5.74) is 9.69. The summed E-state index contributed by atoms with van der Waals surface area (Å²) in [6.45, 7) is 11.9. The summed E-state index contributed by atoms with van der Waals surface area (Å²) in [7, 11) is 0. The van der Waals surface area contributed by atoms with E-state index >= 15 is 0 Å². The molecule has 2 nitrogen and oxygen atoms in total. The van der Waals surface area contributed by atoms with Crippen LogP contribution in [0, 0.1) is 0 Å². The van der Waals surface area contributed by atoms with Gasteiger partial charge >= 0.3 is 0 Å². The Bertz CT molecular complexity index is 268. The standard InChI is InChI=1S/C13H24N2/c1-6-7-8-9-13(15-10(2)3)11(4)12(5)14/h2,6-9,14H2,1,3-5H3/b12-11+,15-13-. The monoisotopic (exact) mass is 208 g/mol. The first-order valence-corrected chi connectivity index (χ1v) is 5.65. The maximum atomic E-state index is 5.79. The second-order valence-electron chi connectivity index (χ2n) is 4.06. The van der Waals surface area contributed by atoms with E-state index in [1.807, 2.05) is 20.8 Å². The summed E-state index contributed by atoms with van der Waals surface area (Å²) in [6, 6.07) is 0. The highest BCUT2D eigenvalue weighted by molar-refractivity contribution is 6.00. The normalized spacial score (nSPS) is 13.7. The van der Waals surface area contributed by atoms with Gasteiger partial charge in [0.15, 0.2) is 0 Å². The third-order valence-electron chi connectivity index (χ3n) is 2.37. The predicted molar refractivity (Wildman–Crippen MR) is 69.0 cm³/mol. The van der Waals surface area contributed by atoms with Crippen molar-refractivity contribution in [3.8, 4) is 0 Å². The van der Waals surface area contributed by atoms with Crippen molar-refractivity contribution in [2.45, 2.75) is 53.4 Å². The Kier molecular flexibility index (Phi) is 6.76. The number of rotatable bonds is 6. The Morgan fingerprint density at radius 3 is 2.20 bits per heavy atom. The molecule has 0 heterocycles. The van der Waals surface area contributed by atoms with Crippen LogP contribution in [0.15, 0.2) is 28.5 Å². The van der Waals surface area contributed by atoms with Crippen molar-refractivity contribution >= 4 is 5.71 Å². The smallest absolute Gasteiger partial charge is 0.0452 e. The molecule has 0 radical (unpaired) electrons. The minimum absolute atomic E-state index is 0.849. The molecule has 15 heavy (non-hydrogen) atoms. The lowest BCUT2D eigenvalue weighted by atomic mass is 10.0. The highest BCUT2D eigenvalue weighted by Gasteiger charge is 2.04. The van der Waals surface area contributed by atoms with Gasteiger partial charge in [0.2, 0.25) is 0 Å². The summed E-state index contributed by atoms with van der Waals surface area (Å²) < 4.78 is 0. The highest BCUT2D eigenvalue weighted by atomic mass is 14.8. The van der Waals surface area contributed by atoms with Crippen molar-refractivity contribution in [1.29, 1.82) is 0 Å². The molecule has 86 valence electrons. The van der Waals surface area contributed by atoms with Crippen molar-refractivity contribution in [1.82, 2.24) is 0 Å². The van der Waals surface area contributed by atoms with Gasteiger partial charge in [-0.15, -0.1) is 0 Å². The number of nitrogens with two attached hydrogens (primary N) is 1. The summed E-state index contributed by atoms with van der Waals surface area (Å²) in [4.78, 5) is 4.45. The Balaban J connectivity index is 4.61. The summed E-state index contributed by atoms with van der Waals surface area (Å²) >= 11 is 0. The second kappa shape index (κ2) is 7.27. The van der Waals surface area contributed by atoms with Gasteiger partial charge in [-0.3, -0.25) is 4.99 Å². The molecule has 0 aromatic heterocycles. The van der Waals surface area contributed by atoms with E-state index in [2.05, 4.69) is 18.5 Å². The van der Waals surface area contributed by atoms with Crippen LogP contribution in [-0.4, -0.2) is 5.71 Å². The molecule has 2 heteroatoms. The zero-order valence-corrected chi connectivity index (χ0v) is 10.6. The molecule has 0 fully saturated rings. The number of hydrogen-bond donors (Lipinski definition) is 1. The van der Waals surface area contributed by atoms with Gasteiger partial charge in [0, 0.05) is 17.1 Å². The van der Waals surface area contributed by atoms with Crippen molar-refractivity contribution < 1.29 is 0 Å². The van der Waals surface area contributed by atoms with E-state index in [1.165, 1.54) is 19.3 Å². The predicted octanol–water partition coefficient (Wildman–Crippen LogP) is 3.79. The fourth-order valence-corrected chi connectivity index (χ4v) is 1.33. The summed E-state index contributed by atoms with van der Waals surface area (Å²) in [5, 5.41) is 0. The van der Waals surface area contributed by atoms with E-state index in [0.29, 0.717) is 0 Å². The molecule has 0 aromatic rings. The van der Waals surface area contributed by atoms with Gasteiger partial charge in [0.25, 0.3) is 0 Å². The SMILES string of the molecule is C=C(C)/N=C(CCCCC)\C(C)=C(/C)N. The van der Waals surface area contributed by atoms with E-state index in [1.54, 1.807) is 0 Å². The molecule has 0 amide bonds. The Hall–Kier alpha value is -1.05. The first-order valence-electron chi connectivity index (χ1n) is 5.65. The topological polar surface area (TPSA) is 38.4 Å². The molecule has 0 atom stereocenters. The van der Waals surface area contributed by atoms with Gasteiger partial charge < -0.3 is 5.73 Å². The third-order valence-corrected chi connectivity index (χ3v) is 2.37. The van der Waals surface area contributed by atoms with Crippen molar-refractivity contribution in [2.24, 2.45) is 10.7 Å². The first kappa shape index (κ1) is 13.9. The van der Waals surface area contributed by atoms with E-state index in [0.717, 1.165) is 29.1 Å². The zero-order valence-electron chi connectivity index (χ0n) is 10.6. The second-order valence-corrected chi connectivity index (χ2v) is 4.06. The van der Waals surface area contributed by atoms with Gasteiger partial charge in [-0.1, -0.05) is 26.3 Å². The fraction of sp³-hybridized carbons (Fsp3) is 0.615. The van der Waals surface area contributed by atoms with Crippen LogP contribution < -0.4 is 5.73 Å². The Morgan fingerprint density at radius 2 is 1.80 bits per heavy atom. The van der Waals surface area contributed by atoms with Crippen LogP contribution in [-0.2, 0) is 0 Å². The minimum atomic E-state index is 0.849. The van der Waals surface area contributed by atoms with Crippen molar-refractivity contribution in [3.63, 3.8) is 0 Å². The lowest BCUT2D eigenvalue weighted by molar-refractivity contribution is 0.741. The summed E-state index contributed by atoms with van der Waals surface area (Å²) in [6.07, 6.45) is 4.64. The van der Waals surface area contributed by atoms with Gasteiger partial charge in [-0.2, -0.15) is 0 Å². The highest BCUT2D eigenvalue weighted by Crippen LogP contribution is 2.11. The first-order chi connectivity index (χ1) is 6.99. The molecule has 0 aromatic carbocycles. The molecular formula is C13H24N2. The fourth-order valence-electron chi connectivity index (χ4n) is 1.33. The van der Waals surface area contributed by atoms with E-state index in [-0.39, 0.29) is 0 Å². The molecule has 0 aliphatic carbocycles. The Labute approximate surface area is 94.0 Å². The van der Waals surface area contributed by atoms with Crippen molar-refractivity contribution in [3.05, 3.63) is 23.5 Å². The van der Waals surface area contributed by atoms with Crippen LogP contribution in [0.2, 0.25) is 0 Å². The number of allylic oxidation sites excluding steroid dienone is 3. The van der Waals surface area contributed by atoms with Crippen LogP contribution in [0.1, 0.15) is 53.4 Å². The summed E-state index contributed by atoms with van der Waals surface area (Å²) in [5.74, 6) is 0. The molecule has 2 N–H and O–H groups in total. The maximum Gasteiger partial charge on any atom is 0.0452 e. The number of hydrogen-bond acceptors (Lipinski definition) is 2. The molecule has 0 bridgehead atoms. The lowest BCUT2D eigenvalue weighted by Gasteiger charge is -2.08. The van der Waals surface area contributed by atoms with Crippen LogP contribution >= 0.6 is 0 Å². The van der Waals surface area contributed by atoms with Crippen molar-refractivity contribution in [2.75, 3.05) is 0 Å². The zero-order chi connectivity index (χ0) is 11.8. The van der Waals surface area contributed by atoms with Crippen LogP contribution in [0.4, 0.5) is 0 Å². The van der Waals surface area contributed by atoms with E-state index in [9.17, 15) is 0 Å². The molecule has 0 saturated heterocycles. The molecule has 0 spiro atoms. The Morgan fingerprint density at radius 1 is 1.20 bits per heavy atom. The maximum absolute atomic E-state index is 5.79.